The highest BCUT2D eigenvalue weighted by molar-refractivity contribution is 4.87. The Morgan fingerprint density at radius 1 is 1.12 bits per heavy atom. The SMILES string of the molecule is CC1COCCN1C1CCCCCCC1N. The molecule has 1 heterocycles. The number of hydrogen-bond acceptors (Lipinski definition) is 3. The summed E-state index contributed by atoms with van der Waals surface area (Å²) in [7, 11) is 0. The van der Waals surface area contributed by atoms with Crippen LogP contribution in [0.1, 0.15) is 45.4 Å². The second-order valence-electron chi connectivity index (χ2n) is 5.38. The lowest BCUT2D eigenvalue weighted by Crippen LogP contribution is -2.56. The molecule has 0 spiro atoms. The lowest BCUT2D eigenvalue weighted by Gasteiger charge is -2.42. The molecule has 2 rings (SSSR count). The maximum absolute atomic E-state index is 6.36. The van der Waals surface area contributed by atoms with Crippen molar-refractivity contribution in [3.8, 4) is 0 Å². The van der Waals surface area contributed by atoms with Gasteiger partial charge >= 0.3 is 0 Å². The van der Waals surface area contributed by atoms with Gasteiger partial charge in [0.15, 0.2) is 0 Å². The molecule has 2 aliphatic rings. The Labute approximate surface area is 99.3 Å². The first kappa shape index (κ1) is 12.3. The van der Waals surface area contributed by atoms with Gasteiger partial charge in [-0.05, 0) is 19.8 Å². The first-order chi connectivity index (χ1) is 7.79. The molecule has 3 atom stereocenters. The molecule has 1 aliphatic carbocycles. The summed E-state index contributed by atoms with van der Waals surface area (Å²) < 4.78 is 5.51. The van der Waals surface area contributed by atoms with Crippen molar-refractivity contribution in [3.05, 3.63) is 0 Å². The first-order valence-electron chi connectivity index (χ1n) is 6.88. The zero-order valence-corrected chi connectivity index (χ0v) is 10.5. The van der Waals surface area contributed by atoms with Crippen LogP contribution >= 0.6 is 0 Å². The number of nitrogens with zero attached hydrogens (tertiary/aromatic N) is 1. The van der Waals surface area contributed by atoms with Crippen LogP contribution in [0.5, 0.6) is 0 Å². The van der Waals surface area contributed by atoms with Gasteiger partial charge in [0.1, 0.15) is 0 Å². The maximum Gasteiger partial charge on any atom is 0.0619 e. The molecule has 0 bridgehead atoms. The molecular formula is C13H26N2O. The molecule has 3 heteroatoms. The topological polar surface area (TPSA) is 38.5 Å². The third-order valence-corrected chi connectivity index (χ3v) is 4.13. The zero-order valence-electron chi connectivity index (χ0n) is 10.5. The lowest BCUT2D eigenvalue weighted by atomic mass is 9.91. The maximum atomic E-state index is 6.36. The highest BCUT2D eigenvalue weighted by Crippen LogP contribution is 2.23. The van der Waals surface area contributed by atoms with Crippen LogP contribution in [0.4, 0.5) is 0 Å². The van der Waals surface area contributed by atoms with E-state index in [2.05, 4.69) is 11.8 Å². The van der Waals surface area contributed by atoms with E-state index in [9.17, 15) is 0 Å². The first-order valence-corrected chi connectivity index (χ1v) is 6.88. The fraction of sp³-hybridized carbons (Fsp3) is 1.00. The van der Waals surface area contributed by atoms with Crippen molar-refractivity contribution in [2.24, 2.45) is 5.73 Å². The molecule has 0 aromatic heterocycles. The molecule has 3 unspecified atom stereocenters. The Bertz CT molecular complexity index is 210. The minimum absolute atomic E-state index is 0.376. The predicted molar refractivity (Wildman–Crippen MR) is 66.5 cm³/mol. The number of nitrogens with two attached hydrogens (primary N) is 1. The Hall–Kier alpha value is -0.120. The van der Waals surface area contributed by atoms with Crippen molar-refractivity contribution in [1.29, 1.82) is 0 Å². The third-order valence-electron chi connectivity index (χ3n) is 4.13. The standard InChI is InChI=1S/C13H26N2O/c1-11-10-16-9-8-15(11)13-7-5-3-2-4-6-12(13)14/h11-13H,2-10,14H2,1H3. The van der Waals surface area contributed by atoms with Crippen LogP contribution < -0.4 is 5.73 Å². The highest BCUT2D eigenvalue weighted by atomic mass is 16.5. The van der Waals surface area contributed by atoms with E-state index in [1.807, 2.05) is 0 Å². The van der Waals surface area contributed by atoms with Crippen LogP contribution in [-0.2, 0) is 4.74 Å². The zero-order chi connectivity index (χ0) is 11.4. The van der Waals surface area contributed by atoms with E-state index in [0.29, 0.717) is 18.1 Å². The van der Waals surface area contributed by atoms with Crippen LogP contribution in [0, 0.1) is 0 Å². The van der Waals surface area contributed by atoms with E-state index in [4.69, 9.17) is 10.5 Å². The molecule has 1 saturated carbocycles. The molecule has 3 nitrogen and oxygen atoms in total. The van der Waals surface area contributed by atoms with Crippen LogP contribution in [0.15, 0.2) is 0 Å². The Morgan fingerprint density at radius 2 is 1.88 bits per heavy atom. The van der Waals surface area contributed by atoms with E-state index in [1.54, 1.807) is 0 Å². The van der Waals surface area contributed by atoms with Gasteiger partial charge in [-0.15, -0.1) is 0 Å². The third kappa shape index (κ3) is 2.96. The van der Waals surface area contributed by atoms with Gasteiger partial charge in [0.2, 0.25) is 0 Å². The number of ether oxygens (including phenoxy) is 1. The van der Waals surface area contributed by atoms with Crippen LogP contribution in [0.2, 0.25) is 0 Å². The number of hydrogen-bond donors (Lipinski definition) is 1. The summed E-state index contributed by atoms with van der Waals surface area (Å²) in [6, 6.07) is 1.52. The molecule has 1 aliphatic heterocycles. The van der Waals surface area contributed by atoms with Crippen LogP contribution in [0.25, 0.3) is 0 Å². The van der Waals surface area contributed by atoms with Crippen molar-refractivity contribution < 1.29 is 4.74 Å². The average Bonchev–Trinajstić information content (AvgIpc) is 2.26. The van der Waals surface area contributed by atoms with Crippen molar-refractivity contribution >= 4 is 0 Å². The quantitative estimate of drug-likeness (QED) is 0.740. The Kier molecular flexibility index (Phi) is 4.62. The summed E-state index contributed by atoms with van der Waals surface area (Å²) in [5.41, 5.74) is 6.36. The van der Waals surface area contributed by atoms with Gasteiger partial charge in [0.25, 0.3) is 0 Å². The van der Waals surface area contributed by atoms with Crippen molar-refractivity contribution in [2.75, 3.05) is 19.8 Å². The molecule has 2 fully saturated rings. The van der Waals surface area contributed by atoms with Gasteiger partial charge in [-0.3, -0.25) is 4.90 Å². The van der Waals surface area contributed by atoms with Gasteiger partial charge in [-0.1, -0.05) is 25.7 Å². The van der Waals surface area contributed by atoms with Crippen LogP contribution in [0.3, 0.4) is 0 Å². The van der Waals surface area contributed by atoms with E-state index < -0.39 is 0 Å². The second-order valence-corrected chi connectivity index (χ2v) is 5.38. The Morgan fingerprint density at radius 3 is 2.62 bits per heavy atom. The average molecular weight is 226 g/mol. The van der Waals surface area contributed by atoms with Crippen molar-refractivity contribution in [2.45, 2.75) is 63.6 Å². The van der Waals surface area contributed by atoms with Gasteiger partial charge in [-0.25, -0.2) is 0 Å². The van der Waals surface area contributed by atoms with Gasteiger partial charge in [0, 0.05) is 24.7 Å². The predicted octanol–water partition coefficient (Wildman–Crippen LogP) is 1.76. The second kappa shape index (κ2) is 5.99. The summed E-state index contributed by atoms with van der Waals surface area (Å²) in [5.74, 6) is 0. The fourth-order valence-corrected chi connectivity index (χ4v) is 3.14. The van der Waals surface area contributed by atoms with Gasteiger partial charge in [-0.2, -0.15) is 0 Å². The smallest absolute Gasteiger partial charge is 0.0619 e. The molecule has 2 N–H and O–H groups in total. The van der Waals surface area contributed by atoms with E-state index >= 15 is 0 Å². The summed E-state index contributed by atoms with van der Waals surface area (Å²) in [5, 5.41) is 0. The normalized spacial score (nSPS) is 39.0. The Balaban J connectivity index is 1.97. The molecule has 0 amide bonds. The molecule has 0 radical (unpaired) electrons. The van der Waals surface area contributed by atoms with E-state index in [-0.39, 0.29) is 0 Å². The molecule has 0 aromatic carbocycles. The molecule has 1 saturated heterocycles. The summed E-state index contributed by atoms with van der Waals surface area (Å²) in [4.78, 5) is 2.60. The van der Waals surface area contributed by atoms with Crippen molar-refractivity contribution in [1.82, 2.24) is 4.90 Å². The molecular weight excluding hydrogens is 200 g/mol. The molecule has 94 valence electrons. The summed E-state index contributed by atoms with van der Waals surface area (Å²) >= 11 is 0. The summed E-state index contributed by atoms with van der Waals surface area (Å²) in [6.07, 6.45) is 7.92. The number of morpholine rings is 1. The summed E-state index contributed by atoms with van der Waals surface area (Å²) in [6.45, 7) is 5.10. The minimum atomic E-state index is 0.376. The lowest BCUT2D eigenvalue weighted by molar-refractivity contribution is -0.0308. The number of rotatable bonds is 1. The molecule has 16 heavy (non-hydrogen) atoms. The minimum Gasteiger partial charge on any atom is -0.379 e. The molecule has 0 aromatic rings. The van der Waals surface area contributed by atoms with Gasteiger partial charge < -0.3 is 10.5 Å². The van der Waals surface area contributed by atoms with Gasteiger partial charge in [0.05, 0.1) is 13.2 Å². The van der Waals surface area contributed by atoms with Crippen LogP contribution in [-0.4, -0.2) is 42.8 Å². The monoisotopic (exact) mass is 226 g/mol. The van der Waals surface area contributed by atoms with E-state index in [0.717, 1.165) is 19.8 Å². The fourth-order valence-electron chi connectivity index (χ4n) is 3.14. The van der Waals surface area contributed by atoms with E-state index in [1.165, 1.54) is 38.5 Å². The highest BCUT2D eigenvalue weighted by Gasteiger charge is 2.30. The largest absolute Gasteiger partial charge is 0.379 e. The van der Waals surface area contributed by atoms with Crippen molar-refractivity contribution in [3.63, 3.8) is 0 Å².